The van der Waals surface area contributed by atoms with E-state index in [-0.39, 0.29) is 16.4 Å². The Balaban J connectivity index is 1.96. The number of ether oxygens (including phenoxy) is 3. The van der Waals surface area contributed by atoms with Gasteiger partial charge in [0.25, 0.3) is 10.0 Å². The van der Waals surface area contributed by atoms with E-state index < -0.39 is 10.0 Å². The number of nitrogens with one attached hydrogen (secondary N) is 1. The quantitative estimate of drug-likeness (QED) is 0.620. The molecule has 3 aromatic rings. The molecule has 8 heteroatoms. The van der Waals surface area contributed by atoms with Crippen molar-refractivity contribution in [3.05, 3.63) is 66.5 Å². The molecule has 0 saturated heterocycles. The first-order valence-electron chi connectivity index (χ1n) is 8.57. The molecule has 0 aliphatic heterocycles. The molecule has 1 N–H and O–H groups in total. The fraction of sp³-hybridized carbons (Fsp3) is 0.143. The lowest BCUT2D eigenvalue weighted by atomic mass is 10.1. The van der Waals surface area contributed by atoms with Gasteiger partial charge in [0.15, 0.2) is 11.5 Å². The van der Waals surface area contributed by atoms with E-state index in [1.54, 1.807) is 24.3 Å². The van der Waals surface area contributed by atoms with Crippen molar-refractivity contribution >= 4 is 15.7 Å². The fourth-order valence-corrected chi connectivity index (χ4v) is 3.93. The minimum Gasteiger partial charge on any atom is -0.493 e. The van der Waals surface area contributed by atoms with Crippen molar-refractivity contribution in [3.63, 3.8) is 0 Å². The number of halogens is 1. The van der Waals surface area contributed by atoms with E-state index in [0.29, 0.717) is 28.4 Å². The maximum absolute atomic E-state index is 13.2. The predicted octanol–water partition coefficient (Wildman–Crippen LogP) is 4.32. The predicted molar refractivity (Wildman–Crippen MR) is 109 cm³/mol. The molecule has 0 heterocycles. The van der Waals surface area contributed by atoms with Crippen LogP contribution < -0.4 is 18.9 Å². The average Bonchev–Trinajstić information content (AvgIpc) is 2.73. The van der Waals surface area contributed by atoms with E-state index in [0.717, 1.165) is 0 Å². The summed E-state index contributed by atoms with van der Waals surface area (Å²) < 4.78 is 57.3. The second-order valence-electron chi connectivity index (χ2n) is 6.05. The molecule has 0 fully saturated rings. The van der Waals surface area contributed by atoms with E-state index in [2.05, 4.69) is 4.72 Å². The average molecular weight is 417 g/mol. The second-order valence-corrected chi connectivity index (χ2v) is 7.74. The Hall–Kier alpha value is -3.26. The normalized spacial score (nSPS) is 11.0. The van der Waals surface area contributed by atoms with Crippen LogP contribution in [0.1, 0.15) is 0 Å². The first kappa shape index (κ1) is 20.5. The van der Waals surface area contributed by atoms with E-state index >= 15 is 0 Å². The van der Waals surface area contributed by atoms with Crippen molar-refractivity contribution in [2.24, 2.45) is 0 Å². The van der Waals surface area contributed by atoms with Crippen LogP contribution in [0.4, 0.5) is 10.1 Å². The molecule has 152 valence electrons. The number of methoxy groups -OCH3 is 3. The van der Waals surface area contributed by atoms with Crippen LogP contribution in [0.3, 0.4) is 0 Å². The third-order valence-corrected chi connectivity index (χ3v) is 5.62. The van der Waals surface area contributed by atoms with Crippen molar-refractivity contribution in [1.82, 2.24) is 0 Å². The third kappa shape index (κ3) is 4.43. The molecule has 3 rings (SSSR count). The lowest BCUT2D eigenvalue weighted by molar-refractivity contribution is 0.325. The van der Waals surface area contributed by atoms with Crippen molar-refractivity contribution in [1.29, 1.82) is 0 Å². The Labute approximate surface area is 168 Å². The number of rotatable bonds is 7. The van der Waals surface area contributed by atoms with E-state index in [9.17, 15) is 12.8 Å². The molecular weight excluding hydrogens is 397 g/mol. The summed E-state index contributed by atoms with van der Waals surface area (Å²) in [6.07, 6.45) is 0. The second kappa shape index (κ2) is 8.40. The summed E-state index contributed by atoms with van der Waals surface area (Å²) in [7, 11) is 0.458. The van der Waals surface area contributed by atoms with Gasteiger partial charge in [-0.2, -0.15) is 0 Å². The van der Waals surface area contributed by atoms with Crippen LogP contribution in [0.5, 0.6) is 17.2 Å². The first-order chi connectivity index (χ1) is 13.9. The van der Waals surface area contributed by atoms with Gasteiger partial charge < -0.3 is 14.2 Å². The van der Waals surface area contributed by atoms with Gasteiger partial charge in [0, 0.05) is 12.1 Å². The molecule has 0 radical (unpaired) electrons. The van der Waals surface area contributed by atoms with Gasteiger partial charge in [-0.3, -0.25) is 4.72 Å². The Morgan fingerprint density at radius 3 is 1.97 bits per heavy atom. The highest BCUT2D eigenvalue weighted by Crippen LogP contribution is 2.40. The summed E-state index contributed by atoms with van der Waals surface area (Å²) in [6.45, 7) is 0. The summed E-state index contributed by atoms with van der Waals surface area (Å²) >= 11 is 0. The molecule has 0 unspecified atom stereocenters. The SMILES string of the molecule is COc1cc(NS(=O)(=O)c2cccc(-c3ccc(F)cc3)c2)cc(OC)c1OC. The maximum atomic E-state index is 13.2. The standard InChI is InChI=1S/C21H20FNO5S/c1-26-19-12-17(13-20(27-2)21(19)28-3)23-29(24,25)18-6-4-5-15(11-18)14-7-9-16(22)10-8-14/h4-13,23H,1-3H3. The molecule has 6 nitrogen and oxygen atoms in total. The number of hydrogen-bond acceptors (Lipinski definition) is 5. The van der Waals surface area contributed by atoms with Gasteiger partial charge in [0.05, 0.1) is 31.9 Å². The highest BCUT2D eigenvalue weighted by Gasteiger charge is 2.19. The van der Waals surface area contributed by atoms with Crippen molar-refractivity contribution in [3.8, 4) is 28.4 Å². The Kier molecular flexibility index (Phi) is 5.93. The molecule has 0 saturated carbocycles. The largest absolute Gasteiger partial charge is 0.493 e. The van der Waals surface area contributed by atoms with Crippen LogP contribution >= 0.6 is 0 Å². The molecule has 3 aromatic carbocycles. The lowest BCUT2D eigenvalue weighted by Gasteiger charge is -2.15. The van der Waals surface area contributed by atoms with E-state index in [1.807, 2.05) is 0 Å². The number of anilines is 1. The summed E-state index contributed by atoms with van der Waals surface area (Å²) in [5.41, 5.74) is 1.61. The molecular formula is C21H20FNO5S. The maximum Gasteiger partial charge on any atom is 0.261 e. The van der Waals surface area contributed by atoms with Crippen molar-refractivity contribution in [2.75, 3.05) is 26.1 Å². The van der Waals surface area contributed by atoms with Gasteiger partial charge in [-0.05, 0) is 35.4 Å². The summed E-state index contributed by atoms with van der Waals surface area (Å²) in [4.78, 5) is 0.0630. The van der Waals surface area contributed by atoms with Gasteiger partial charge in [-0.25, -0.2) is 12.8 Å². The zero-order valence-electron chi connectivity index (χ0n) is 16.1. The van der Waals surface area contributed by atoms with Crippen LogP contribution in [0, 0.1) is 5.82 Å². The molecule has 0 aliphatic rings. The number of benzene rings is 3. The van der Waals surface area contributed by atoms with Crippen LogP contribution in [0.2, 0.25) is 0 Å². The van der Waals surface area contributed by atoms with Gasteiger partial charge >= 0.3 is 0 Å². The number of sulfonamides is 1. The molecule has 0 amide bonds. The first-order valence-corrected chi connectivity index (χ1v) is 10.0. The minimum atomic E-state index is -3.90. The zero-order valence-corrected chi connectivity index (χ0v) is 16.9. The van der Waals surface area contributed by atoms with E-state index in [4.69, 9.17) is 14.2 Å². The molecule has 0 atom stereocenters. The number of hydrogen-bond donors (Lipinski definition) is 1. The van der Waals surface area contributed by atoms with Crippen LogP contribution in [0.15, 0.2) is 65.6 Å². The monoisotopic (exact) mass is 417 g/mol. The summed E-state index contributed by atoms with van der Waals surface area (Å²) in [5.74, 6) is 0.645. The van der Waals surface area contributed by atoms with Gasteiger partial charge in [-0.1, -0.05) is 24.3 Å². The molecule has 0 aliphatic carbocycles. The van der Waals surface area contributed by atoms with Crippen molar-refractivity contribution < 1.29 is 27.0 Å². The highest BCUT2D eigenvalue weighted by molar-refractivity contribution is 7.92. The summed E-state index contributed by atoms with van der Waals surface area (Å²) in [6, 6.07) is 15.2. The molecule has 0 bridgehead atoms. The molecule has 0 aromatic heterocycles. The minimum absolute atomic E-state index is 0.0630. The highest BCUT2D eigenvalue weighted by atomic mass is 32.2. The van der Waals surface area contributed by atoms with Crippen LogP contribution in [-0.4, -0.2) is 29.7 Å². The molecule has 0 spiro atoms. The Morgan fingerprint density at radius 2 is 1.41 bits per heavy atom. The van der Waals surface area contributed by atoms with Crippen molar-refractivity contribution in [2.45, 2.75) is 4.90 Å². The third-order valence-electron chi connectivity index (χ3n) is 4.24. The Bertz CT molecular complexity index is 1090. The van der Waals surface area contributed by atoms with Gasteiger partial charge in [0.1, 0.15) is 5.82 Å². The van der Waals surface area contributed by atoms with Crippen LogP contribution in [0.25, 0.3) is 11.1 Å². The lowest BCUT2D eigenvalue weighted by Crippen LogP contribution is -2.13. The Morgan fingerprint density at radius 1 is 0.793 bits per heavy atom. The molecule has 29 heavy (non-hydrogen) atoms. The smallest absolute Gasteiger partial charge is 0.261 e. The van der Waals surface area contributed by atoms with Gasteiger partial charge in [0.2, 0.25) is 5.75 Å². The van der Waals surface area contributed by atoms with E-state index in [1.165, 1.54) is 57.7 Å². The fourth-order valence-electron chi connectivity index (χ4n) is 2.84. The zero-order chi connectivity index (χ0) is 21.0. The summed E-state index contributed by atoms with van der Waals surface area (Å²) in [5, 5.41) is 0. The van der Waals surface area contributed by atoms with Gasteiger partial charge in [-0.15, -0.1) is 0 Å². The topological polar surface area (TPSA) is 73.9 Å². The van der Waals surface area contributed by atoms with Crippen LogP contribution in [-0.2, 0) is 10.0 Å².